The number of sulfonamides is 1. The monoisotopic (exact) mass is 326 g/mol. The molecule has 6 nitrogen and oxygen atoms in total. The van der Waals surface area contributed by atoms with Gasteiger partial charge in [-0.2, -0.15) is 4.31 Å². The number of benzene rings is 1. The van der Waals surface area contributed by atoms with Gasteiger partial charge in [-0.15, -0.1) is 0 Å². The summed E-state index contributed by atoms with van der Waals surface area (Å²) in [5, 5.41) is 2.68. The van der Waals surface area contributed by atoms with E-state index in [-0.39, 0.29) is 17.4 Å². The smallest absolute Gasteiger partial charge is 0.250 e. The molecule has 0 spiro atoms. The molecule has 1 aromatic carbocycles. The first-order valence-corrected chi connectivity index (χ1v) is 8.79. The molecule has 7 heteroatoms. The molecule has 0 aromatic heterocycles. The fourth-order valence-corrected chi connectivity index (χ4v) is 4.01. The topological polar surface area (TPSA) is 75.7 Å². The zero-order chi connectivity index (χ0) is 16.2. The highest BCUT2D eigenvalue weighted by atomic mass is 32.2. The Bertz CT molecular complexity index is 637. The van der Waals surface area contributed by atoms with E-state index in [9.17, 15) is 13.2 Å². The van der Waals surface area contributed by atoms with Gasteiger partial charge < -0.3 is 10.1 Å². The van der Waals surface area contributed by atoms with Gasteiger partial charge in [0.1, 0.15) is 6.61 Å². The van der Waals surface area contributed by atoms with E-state index < -0.39 is 10.0 Å². The Morgan fingerprint density at radius 3 is 2.59 bits per heavy atom. The number of amides is 1. The first kappa shape index (κ1) is 16.9. The van der Waals surface area contributed by atoms with Crippen LogP contribution in [-0.4, -0.2) is 45.4 Å². The number of hydrogen-bond acceptors (Lipinski definition) is 4. The number of carbonyl (C=O) groups excluding carboxylic acids is 1. The lowest BCUT2D eigenvalue weighted by atomic mass is 10.2. The van der Waals surface area contributed by atoms with Crippen LogP contribution >= 0.6 is 0 Å². The highest BCUT2D eigenvalue weighted by Crippen LogP contribution is 2.25. The lowest BCUT2D eigenvalue weighted by Crippen LogP contribution is -2.35. The molecule has 1 amide bonds. The highest BCUT2D eigenvalue weighted by Gasteiger charge is 2.26. The van der Waals surface area contributed by atoms with Gasteiger partial charge in [0, 0.05) is 25.9 Å². The summed E-state index contributed by atoms with van der Waals surface area (Å²) in [6, 6.07) is 4.82. The summed E-state index contributed by atoms with van der Waals surface area (Å²) in [7, 11) is -2.06. The highest BCUT2D eigenvalue weighted by molar-refractivity contribution is 7.89. The van der Waals surface area contributed by atoms with E-state index in [4.69, 9.17) is 4.74 Å². The standard InChI is InChI=1S/C15H22N2O4S/c1-12-6-7-13(10-14(12)16-15(18)11-21-2)22(19,20)17-8-4-3-5-9-17/h6-7,10H,3-5,8-9,11H2,1-2H3,(H,16,18). The minimum Gasteiger partial charge on any atom is -0.375 e. The third-order valence-corrected chi connectivity index (χ3v) is 5.61. The zero-order valence-corrected chi connectivity index (χ0v) is 13.8. The van der Waals surface area contributed by atoms with Crippen LogP contribution in [0, 0.1) is 6.92 Å². The second-order valence-corrected chi connectivity index (χ2v) is 7.36. The molecule has 1 saturated heterocycles. The second kappa shape index (κ2) is 7.21. The Kier molecular flexibility index (Phi) is 5.55. The third-order valence-electron chi connectivity index (χ3n) is 3.71. The molecule has 0 radical (unpaired) electrons. The van der Waals surface area contributed by atoms with Crippen molar-refractivity contribution >= 4 is 21.6 Å². The van der Waals surface area contributed by atoms with Gasteiger partial charge in [-0.05, 0) is 37.5 Å². The van der Waals surface area contributed by atoms with Gasteiger partial charge in [0.25, 0.3) is 0 Å². The minimum absolute atomic E-state index is 0.0669. The molecule has 2 rings (SSSR count). The lowest BCUT2D eigenvalue weighted by Gasteiger charge is -2.26. The number of hydrogen-bond donors (Lipinski definition) is 1. The lowest BCUT2D eigenvalue weighted by molar-refractivity contribution is -0.119. The average Bonchev–Trinajstić information content (AvgIpc) is 2.50. The molecule has 1 aliphatic rings. The van der Waals surface area contributed by atoms with Crippen LogP contribution in [0.2, 0.25) is 0 Å². The van der Waals surface area contributed by atoms with Crippen molar-refractivity contribution in [2.24, 2.45) is 0 Å². The number of piperidine rings is 1. The number of anilines is 1. The number of rotatable bonds is 5. The number of aryl methyl sites for hydroxylation is 1. The summed E-state index contributed by atoms with van der Waals surface area (Å²) in [6.45, 7) is 2.87. The molecule has 1 heterocycles. The van der Waals surface area contributed by atoms with Gasteiger partial charge in [-0.1, -0.05) is 12.5 Å². The van der Waals surface area contributed by atoms with Gasteiger partial charge in [0.2, 0.25) is 15.9 Å². The Morgan fingerprint density at radius 2 is 1.95 bits per heavy atom. The molecule has 1 N–H and O–H groups in total. The van der Waals surface area contributed by atoms with Crippen LogP contribution in [0.3, 0.4) is 0 Å². The number of ether oxygens (including phenoxy) is 1. The van der Waals surface area contributed by atoms with Crippen LogP contribution in [0.4, 0.5) is 5.69 Å². The molecule has 22 heavy (non-hydrogen) atoms. The summed E-state index contributed by atoms with van der Waals surface area (Å²) in [4.78, 5) is 11.8. The average molecular weight is 326 g/mol. The van der Waals surface area contributed by atoms with Crippen molar-refractivity contribution in [2.45, 2.75) is 31.1 Å². The minimum atomic E-state index is -3.50. The van der Waals surface area contributed by atoms with E-state index >= 15 is 0 Å². The Hall–Kier alpha value is -1.44. The summed E-state index contributed by atoms with van der Waals surface area (Å²) >= 11 is 0. The molecular weight excluding hydrogens is 304 g/mol. The van der Waals surface area contributed by atoms with E-state index in [1.165, 1.54) is 17.5 Å². The Labute approximate surface area is 131 Å². The summed E-state index contributed by atoms with van der Waals surface area (Å²) in [5.74, 6) is -0.307. The molecule has 0 saturated carbocycles. The molecule has 0 unspecified atom stereocenters. The van der Waals surface area contributed by atoms with Crippen molar-refractivity contribution in [3.05, 3.63) is 23.8 Å². The van der Waals surface area contributed by atoms with E-state index in [0.29, 0.717) is 18.8 Å². The number of methoxy groups -OCH3 is 1. The van der Waals surface area contributed by atoms with Crippen LogP contribution in [0.15, 0.2) is 23.1 Å². The van der Waals surface area contributed by atoms with Crippen LogP contribution in [0.25, 0.3) is 0 Å². The van der Waals surface area contributed by atoms with Crippen molar-refractivity contribution in [2.75, 3.05) is 32.1 Å². The quantitative estimate of drug-likeness (QED) is 0.894. The normalized spacial score (nSPS) is 16.5. The van der Waals surface area contributed by atoms with Crippen molar-refractivity contribution in [3.8, 4) is 0 Å². The van der Waals surface area contributed by atoms with Gasteiger partial charge in [-0.3, -0.25) is 4.79 Å². The number of nitrogens with one attached hydrogen (secondary N) is 1. The molecule has 1 aromatic rings. The van der Waals surface area contributed by atoms with E-state index in [1.54, 1.807) is 12.1 Å². The Balaban J connectivity index is 2.26. The fourth-order valence-electron chi connectivity index (χ4n) is 2.47. The van der Waals surface area contributed by atoms with Crippen LogP contribution in [-0.2, 0) is 19.6 Å². The van der Waals surface area contributed by atoms with Crippen LogP contribution in [0.1, 0.15) is 24.8 Å². The molecule has 0 atom stereocenters. The van der Waals surface area contributed by atoms with Gasteiger partial charge in [0.15, 0.2) is 0 Å². The van der Waals surface area contributed by atoms with Gasteiger partial charge in [-0.25, -0.2) is 8.42 Å². The summed E-state index contributed by atoms with van der Waals surface area (Å²) in [5.41, 5.74) is 1.31. The second-order valence-electron chi connectivity index (χ2n) is 5.42. The van der Waals surface area contributed by atoms with Crippen molar-refractivity contribution in [1.29, 1.82) is 0 Å². The van der Waals surface area contributed by atoms with Crippen molar-refractivity contribution in [1.82, 2.24) is 4.31 Å². The van der Waals surface area contributed by atoms with E-state index in [1.807, 2.05) is 6.92 Å². The van der Waals surface area contributed by atoms with Gasteiger partial charge >= 0.3 is 0 Å². The molecular formula is C15H22N2O4S. The zero-order valence-electron chi connectivity index (χ0n) is 13.0. The maximum atomic E-state index is 12.7. The van der Waals surface area contributed by atoms with E-state index in [0.717, 1.165) is 24.8 Å². The molecule has 0 bridgehead atoms. The molecule has 0 aliphatic carbocycles. The fraction of sp³-hybridized carbons (Fsp3) is 0.533. The van der Waals surface area contributed by atoms with E-state index in [2.05, 4.69) is 5.32 Å². The molecule has 1 aliphatic heterocycles. The molecule has 122 valence electrons. The van der Waals surface area contributed by atoms with Crippen LogP contribution < -0.4 is 5.32 Å². The van der Waals surface area contributed by atoms with Gasteiger partial charge in [0.05, 0.1) is 4.90 Å². The maximum absolute atomic E-state index is 12.7. The maximum Gasteiger partial charge on any atom is 0.250 e. The predicted molar refractivity (Wildman–Crippen MR) is 84.3 cm³/mol. The number of carbonyl (C=O) groups is 1. The first-order valence-electron chi connectivity index (χ1n) is 7.35. The predicted octanol–water partition coefficient (Wildman–Crippen LogP) is 1.75. The molecule has 1 fully saturated rings. The largest absolute Gasteiger partial charge is 0.375 e. The van der Waals surface area contributed by atoms with Crippen molar-refractivity contribution < 1.29 is 17.9 Å². The SMILES string of the molecule is COCC(=O)Nc1cc(S(=O)(=O)N2CCCCC2)ccc1C. The van der Waals surface area contributed by atoms with Crippen LogP contribution in [0.5, 0.6) is 0 Å². The third kappa shape index (κ3) is 3.85. The summed E-state index contributed by atoms with van der Waals surface area (Å²) in [6.07, 6.45) is 2.85. The number of nitrogens with zero attached hydrogens (tertiary/aromatic N) is 1. The summed E-state index contributed by atoms with van der Waals surface area (Å²) < 4.78 is 31.6. The first-order chi connectivity index (χ1) is 10.4. The van der Waals surface area contributed by atoms with Crippen molar-refractivity contribution in [3.63, 3.8) is 0 Å². The Morgan fingerprint density at radius 1 is 1.27 bits per heavy atom.